The van der Waals surface area contributed by atoms with Crippen LogP contribution < -0.4 is 57.1 Å². The molecule has 2 aromatic rings. The molecule has 2 rings (SSSR count). The number of pyridine rings is 2. The fourth-order valence-electron chi connectivity index (χ4n) is 1.65. The lowest BCUT2D eigenvalue weighted by Gasteiger charge is -1.98. The normalized spacial score (nSPS) is 9.12. The molecule has 0 radical (unpaired) electrons. The van der Waals surface area contributed by atoms with Gasteiger partial charge in [-0.3, -0.25) is 0 Å². The number of oxime groups is 1. The standard InChI is InChI=1S/C9H12NO2.C7H8N2O.2HI/c1-3-12-9(11)8-5-4-6-10(2)7-8;1-9-5-3-2-4-7(9)6-8-10;;/h4-7H,3H2,1-2H3;2-6H,1H3;2*1H/q+1;;;/p-1. The summed E-state index contributed by atoms with van der Waals surface area (Å²) in [6.07, 6.45) is 6.87. The summed E-state index contributed by atoms with van der Waals surface area (Å²) < 4.78 is 8.50. The van der Waals surface area contributed by atoms with Crippen molar-refractivity contribution in [2.45, 2.75) is 6.92 Å². The maximum atomic E-state index is 11.2. The van der Waals surface area contributed by atoms with Gasteiger partial charge in [0.25, 0.3) is 0 Å². The van der Waals surface area contributed by atoms with Crippen molar-refractivity contribution in [3.8, 4) is 0 Å². The molecule has 0 amide bonds. The second-order valence-electron chi connectivity index (χ2n) is 4.46. The van der Waals surface area contributed by atoms with Crippen molar-refractivity contribution < 1.29 is 71.8 Å². The number of carbonyl (C=O) groups excluding carboxylic acids is 1. The molecule has 24 heavy (non-hydrogen) atoms. The molecule has 6 nitrogen and oxygen atoms in total. The third-order valence-electron chi connectivity index (χ3n) is 2.74. The average Bonchev–Trinajstić information content (AvgIpc) is 2.51. The van der Waals surface area contributed by atoms with E-state index in [0.717, 1.165) is 5.69 Å². The summed E-state index contributed by atoms with van der Waals surface area (Å²) in [5.41, 5.74) is 1.45. The molecule has 0 aliphatic carbocycles. The van der Waals surface area contributed by atoms with Gasteiger partial charge in [0.1, 0.15) is 25.9 Å². The van der Waals surface area contributed by atoms with Crippen molar-refractivity contribution in [1.82, 2.24) is 0 Å². The van der Waals surface area contributed by atoms with Gasteiger partial charge >= 0.3 is 5.97 Å². The SMILES string of the molecule is CCOC(=O)c1ccc[n+](C)c1.C[n+]1ccccc1C=NO.[I-].[I-]. The average molecular weight is 557 g/mol. The third-order valence-corrected chi connectivity index (χ3v) is 2.74. The van der Waals surface area contributed by atoms with Gasteiger partial charge in [-0.1, -0.05) is 5.16 Å². The fraction of sp³-hybridized carbons (Fsp3) is 0.250. The topological polar surface area (TPSA) is 66.7 Å². The fourth-order valence-corrected chi connectivity index (χ4v) is 1.65. The van der Waals surface area contributed by atoms with E-state index in [2.05, 4.69) is 5.16 Å². The Morgan fingerprint density at radius 2 is 1.92 bits per heavy atom. The summed E-state index contributed by atoms with van der Waals surface area (Å²) in [5.74, 6) is -0.270. The summed E-state index contributed by atoms with van der Waals surface area (Å²) in [6, 6.07) is 9.20. The minimum Gasteiger partial charge on any atom is -1.00 e. The van der Waals surface area contributed by atoms with Crippen molar-refractivity contribution in [2.24, 2.45) is 19.3 Å². The molecule has 0 spiro atoms. The van der Waals surface area contributed by atoms with Crippen LogP contribution in [0.25, 0.3) is 0 Å². The second-order valence-corrected chi connectivity index (χ2v) is 4.46. The van der Waals surface area contributed by atoms with Crippen LogP contribution in [0.2, 0.25) is 0 Å². The Morgan fingerprint density at radius 1 is 1.21 bits per heavy atom. The van der Waals surface area contributed by atoms with E-state index in [1.807, 2.05) is 59.9 Å². The van der Waals surface area contributed by atoms with Gasteiger partial charge in [0.15, 0.2) is 18.6 Å². The number of ether oxygens (including phenoxy) is 1. The van der Waals surface area contributed by atoms with Gasteiger partial charge in [0, 0.05) is 18.2 Å². The molecule has 2 heterocycles. The van der Waals surface area contributed by atoms with Crippen LogP contribution in [0, 0.1) is 0 Å². The Balaban J connectivity index is 0. The number of halogens is 2. The first-order valence-corrected chi connectivity index (χ1v) is 6.83. The molecule has 0 aliphatic heterocycles. The Hall–Kier alpha value is -1.30. The monoisotopic (exact) mass is 557 g/mol. The van der Waals surface area contributed by atoms with Crippen molar-refractivity contribution in [3.05, 3.63) is 60.2 Å². The highest BCUT2D eigenvalue weighted by atomic mass is 127. The summed E-state index contributed by atoms with van der Waals surface area (Å²) in [7, 11) is 3.75. The molecule has 8 heteroatoms. The summed E-state index contributed by atoms with van der Waals surface area (Å²) in [6.45, 7) is 2.21. The van der Waals surface area contributed by atoms with E-state index >= 15 is 0 Å². The zero-order chi connectivity index (χ0) is 16.4. The van der Waals surface area contributed by atoms with Crippen molar-refractivity contribution in [3.63, 3.8) is 0 Å². The molecule has 0 fully saturated rings. The molecule has 0 aliphatic rings. The van der Waals surface area contributed by atoms with Gasteiger partial charge in [-0.25, -0.2) is 13.9 Å². The number of aromatic nitrogens is 2. The number of hydrogen-bond acceptors (Lipinski definition) is 4. The lowest BCUT2D eigenvalue weighted by atomic mass is 10.3. The highest BCUT2D eigenvalue weighted by molar-refractivity contribution is 5.88. The molecule has 0 aromatic carbocycles. The molecule has 0 bridgehead atoms. The highest BCUT2D eigenvalue weighted by Gasteiger charge is 2.08. The van der Waals surface area contributed by atoms with Crippen LogP contribution in [-0.2, 0) is 18.8 Å². The van der Waals surface area contributed by atoms with Gasteiger partial charge in [-0.05, 0) is 19.1 Å². The first kappa shape index (κ1) is 24.9. The number of esters is 1. The third kappa shape index (κ3) is 9.11. The smallest absolute Gasteiger partial charge is 0.344 e. The van der Waals surface area contributed by atoms with E-state index in [0.29, 0.717) is 12.2 Å². The van der Waals surface area contributed by atoms with Gasteiger partial charge in [0.2, 0.25) is 5.69 Å². The lowest BCUT2D eigenvalue weighted by Crippen LogP contribution is -3.00. The highest BCUT2D eigenvalue weighted by Crippen LogP contribution is 1.96. The van der Waals surface area contributed by atoms with Gasteiger partial charge < -0.3 is 57.9 Å². The number of nitrogens with zero attached hydrogens (tertiary/aromatic N) is 3. The van der Waals surface area contributed by atoms with Crippen LogP contribution in [0.15, 0.2) is 54.1 Å². The number of hydrogen-bond donors (Lipinski definition) is 1. The van der Waals surface area contributed by atoms with Gasteiger partial charge in [-0.2, -0.15) is 0 Å². The minimum atomic E-state index is -0.270. The Labute approximate surface area is 176 Å². The number of rotatable bonds is 3. The molecule has 0 atom stereocenters. The molecule has 0 saturated heterocycles. The zero-order valence-electron chi connectivity index (χ0n) is 13.8. The molecule has 0 unspecified atom stereocenters. The molecular weight excluding hydrogens is 536 g/mol. The predicted molar refractivity (Wildman–Crippen MR) is 80.6 cm³/mol. The van der Waals surface area contributed by atoms with Crippen LogP contribution in [-0.4, -0.2) is 24.0 Å². The van der Waals surface area contributed by atoms with Crippen LogP contribution in [0.4, 0.5) is 0 Å². The van der Waals surface area contributed by atoms with Crippen LogP contribution in [0.1, 0.15) is 23.0 Å². The largest absolute Gasteiger partial charge is 1.00 e. The molecule has 0 saturated carbocycles. The van der Waals surface area contributed by atoms with Crippen molar-refractivity contribution in [2.75, 3.05) is 6.61 Å². The summed E-state index contributed by atoms with van der Waals surface area (Å²) in [5, 5.41) is 11.1. The summed E-state index contributed by atoms with van der Waals surface area (Å²) >= 11 is 0. The van der Waals surface area contributed by atoms with Crippen LogP contribution in [0.3, 0.4) is 0 Å². The van der Waals surface area contributed by atoms with E-state index in [4.69, 9.17) is 9.94 Å². The zero-order valence-corrected chi connectivity index (χ0v) is 18.1. The van der Waals surface area contributed by atoms with E-state index < -0.39 is 0 Å². The molecule has 2 aromatic heterocycles. The molecular formula is C16H21I2N3O3. The number of carbonyl (C=O) groups is 1. The Morgan fingerprint density at radius 3 is 2.46 bits per heavy atom. The molecule has 132 valence electrons. The first-order chi connectivity index (χ1) is 10.6. The van der Waals surface area contributed by atoms with E-state index in [9.17, 15) is 4.79 Å². The summed E-state index contributed by atoms with van der Waals surface area (Å²) in [4.78, 5) is 11.2. The van der Waals surface area contributed by atoms with E-state index in [1.165, 1.54) is 6.21 Å². The maximum absolute atomic E-state index is 11.2. The maximum Gasteiger partial charge on any atom is 0.344 e. The lowest BCUT2D eigenvalue weighted by molar-refractivity contribution is -0.672. The van der Waals surface area contributed by atoms with Crippen molar-refractivity contribution >= 4 is 12.2 Å². The Bertz CT molecular complexity index is 652. The minimum absolute atomic E-state index is 0. The second kappa shape index (κ2) is 14.1. The Kier molecular flexibility index (Phi) is 14.6. The number of aryl methyl sites for hydroxylation is 2. The van der Waals surface area contributed by atoms with Gasteiger partial charge in [0.05, 0.1) is 6.61 Å². The first-order valence-electron chi connectivity index (χ1n) is 6.83. The molecule has 1 N–H and O–H groups in total. The quantitative estimate of drug-likeness (QED) is 0.103. The van der Waals surface area contributed by atoms with E-state index in [-0.39, 0.29) is 53.9 Å². The van der Waals surface area contributed by atoms with Crippen molar-refractivity contribution in [1.29, 1.82) is 0 Å². The van der Waals surface area contributed by atoms with Gasteiger partial charge in [-0.15, -0.1) is 0 Å². The van der Waals surface area contributed by atoms with Crippen LogP contribution >= 0.6 is 0 Å². The predicted octanol–water partition coefficient (Wildman–Crippen LogP) is -4.98. The van der Waals surface area contributed by atoms with Crippen LogP contribution in [0.5, 0.6) is 0 Å². The van der Waals surface area contributed by atoms with E-state index in [1.54, 1.807) is 19.2 Å².